The van der Waals surface area contributed by atoms with Crippen molar-refractivity contribution >= 4 is 27.8 Å². The van der Waals surface area contributed by atoms with Gasteiger partial charge in [-0.15, -0.1) is 0 Å². The molecule has 2 heterocycles. The number of nitrogens with zero attached hydrogens (tertiary/aromatic N) is 3. The summed E-state index contributed by atoms with van der Waals surface area (Å²) in [6, 6.07) is 7.09. The van der Waals surface area contributed by atoms with E-state index in [9.17, 15) is 0 Å². The Bertz CT molecular complexity index is 863. The second-order valence-corrected chi connectivity index (χ2v) is 7.06. The predicted molar refractivity (Wildman–Crippen MR) is 108 cm³/mol. The summed E-state index contributed by atoms with van der Waals surface area (Å²) < 4.78 is 5.62. The van der Waals surface area contributed by atoms with E-state index >= 15 is 0 Å². The van der Waals surface area contributed by atoms with E-state index in [1.54, 1.807) is 6.33 Å². The van der Waals surface area contributed by atoms with Crippen LogP contribution in [0.2, 0.25) is 0 Å². The third-order valence-electron chi connectivity index (χ3n) is 4.65. The molecular formula is C20H29N5O. The van der Waals surface area contributed by atoms with Crippen molar-refractivity contribution in [2.45, 2.75) is 46.7 Å². The molecule has 6 nitrogen and oxygen atoms in total. The van der Waals surface area contributed by atoms with Crippen molar-refractivity contribution in [1.29, 1.82) is 0 Å². The highest BCUT2D eigenvalue weighted by Gasteiger charge is 2.14. The molecule has 0 bridgehead atoms. The first-order chi connectivity index (χ1) is 12.5. The van der Waals surface area contributed by atoms with E-state index in [2.05, 4.69) is 52.9 Å². The average molecular weight is 355 g/mol. The standard InChI is InChI=1S/C20H29N5O/c1-6-26-15-7-8-17-16(11-15)18-19(24-17)20(23-12-22-18)21-9-10-25(13(2)3)14(4)5/h7-8,11-14,24H,6,9-10H2,1-5H3,(H,21,22,23). The molecule has 0 aliphatic rings. The zero-order chi connectivity index (χ0) is 18.7. The highest BCUT2D eigenvalue weighted by Crippen LogP contribution is 2.30. The summed E-state index contributed by atoms with van der Waals surface area (Å²) in [4.78, 5) is 14.8. The van der Waals surface area contributed by atoms with Gasteiger partial charge in [0.25, 0.3) is 0 Å². The molecule has 2 aromatic heterocycles. The average Bonchev–Trinajstić information content (AvgIpc) is 2.97. The number of hydrogen-bond acceptors (Lipinski definition) is 5. The van der Waals surface area contributed by atoms with Crippen molar-refractivity contribution in [2.75, 3.05) is 25.0 Å². The van der Waals surface area contributed by atoms with Gasteiger partial charge in [0, 0.05) is 36.1 Å². The first-order valence-corrected chi connectivity index (χ1v) is 9.40. The van der Waals surface area contributed by atoms with Crippen LogP contribution < -0.4 is 10.1 Å². The van der Waals surface area contributed by atoms with Crippen molar-refractivity contribution in [3.05, 3.63) is 24.5 Å². The van der Waals surface area contributed by atoms with Gasteiger partial charge in [-0.05, 0) is 52.8 Å². The van der Waals surface area contributed by atoms with Crippen LogP contribution in [0, 0.1) is 0 Å². The molecule has 3 rings (SSSR count). The van der Waals surface area contributed by atoms with Gasteiger partial charge in [0.15, 0.2) is 5.82 Å². The fourth-order valence-electron chi connectivity index (χ4n) is 3.48. The van der Waals surface area contributed by atoms with E-state index in [-0.39, 0.29) is 0 Å². The van der Waals surface area contributed by atoms with Gasteiger partial charge in [0.2, 0.25) is 0 Å². The Morgan fingerprint density at radius 1 is 1.15 bits per heavy atom. The van der Waals surface area contributed by atoms with Crippen LogP contribution in [0.4, 0.5) is 5.82 Å². The molecule has 3 aromatic rings. The number of H-pyrrole nitrogens is 1. The molecule has 0 saturated carbocycles. The second-order valence-electron chi connectivity index (χ2n) is 7.06. The number of fused-ring (bicyclic) bond motifs is 3. The van der Waals surface area contributed by atoms with Gasteiger partial charge in [-0.25, -0.2) is 9.97 Å². The smallest absolute Gasteiger partial charge is 0.153 e. The third-order valence-corrected chi connectivity index (χ3v) is 4.65. The SMILES string of the molecule is CCOc1ccc2[nH]c3c(NCCN(C(C)C)C(C)C)ncnc3c2c1. The van der Waals surface area contributed by atoms with Crippen LogP contribution in [0.15, 0.2) is 24.5 Å². The Kier molecular flexibility index (Phi) is 5.61. The summed E-state index contributed by atoms with van der Waals surface area (Å²) in [7, 11) is 0. The lowest BCUT2D eigenvalue weighted by Gasteiger charge is -2.30. The van der Waals surface area contributed by atoms with Crippen molar-refractivity contribution in [3.63, 3.8) is 0 Å². The van der Waals surface area contributed by atoms with Gasteiger partial charge in [-0.1, -0.05) is 0 Å². The molecule has 0 spiro atoms. The Labute approximate surface area is 155 Å². The van der Waals surface area contributed by atoms with Crippen LogP contribution in [0.1, 0.15) is 34.6 Å². The number of benzene rings is 1. The number of rotatable bonds is 8. The van der Waals surface area contributed by atoms with Gasteiger partial charge in [0.1, 0.15) is 23.1 Å². The normalized spacial score (nSPS) is 12.0. The highest BCUT2D eigenvalue weighted by atomic mass is 16.5. The zero-order valence-corrected chi connectivity index (χ0v) is 16.3. The Balaban J connectivity index is 1.84. The van der Waals surface area contributed by atoms with Crippen molar-refractivity contribution < 1.29 is 4.74 Å². The van der Waals surface area contributed by atoms with Crippen molar-refractivity contribution in [2.24, 2.45) is 0 Å². The van der Waals surface area contributed by atoms with Crippen LogP contribution in [-0.2, 0) is 0 Å². The lowest BCUT2D eigenvalue weighted by molar-refractivity contribution is 0.182. The van der Waals surface area contributed by atoms with Crippen LogP contribution >= 0.6 is 0 Å². The molecule has 2 N–H and O–H groups in total. The van der Waals surface area contributed by atoms with Gasteiger partial charge in [-0.2, -0.15) is 0 Å². The molecule has 0 amide bonds. The Morgan fingerprint density at radius 2 is 1.92 bits per heavy atom. The summed E-state index contributed by atoms with van der Waals surface area (Å²) in [5.41, 5.74) is 2.90. The predicted octanol–water partition coefficient (Wildman–Crippen LogP) is 4.04. The maximum Gasteiger partial charge on any atom is 0.153 e. The summed E-state index contributed by atoms with van der Waals surface area (Å²) in [6.07, 6.45) is 1.62. The van der Waals surface area contributed by atoms with E-state index in [4.69, 9.17) is 4.74 Å². The molecule has 6 heteroatoms. The number of anilines is 1. The van der Waals surface area contributed by atoms with E-state index < -0.39 is 0 Å². The maximum atomic E-state index is 5.62. The summed E-state index contributed by atoms with van der Waals surface area (Å²) in [5.74, 6) is 1.70. The molecule has 26 heavy (non-hydrogen) atoms. The topological polar surface area (TPSA) is 66.1 Å². The van der Waals surface area contributed by atoms with Crippen molar-refractivity contribution in [3.8, 4) is 5.75 Å². The number of aromatic nitrogens is 3. The number of nitrogens with one attached hydrogen (secondary N) is 2. The van der Waals surface area contributed by atoms with E-state index in [0.29, 0.717) is 18.7 Å². The number of ether oxygens (including phenoxy) is 1. The van der Waals surface area contributed by atoms with Crippen LogP contribution in [0.3, 0.4) is 0 Å². The first kappa shape index (κ1) is 18.5. The lowest BCUT2D eigenvalue weighted by atomic mass is 10.2. The molecule has 0 aliphatic heterocycles. The lowest BCUT2D eigenvalue weighted by Crippen LogP contribution is -2.40. The molecule has 0 atom stereocenters. The second kappa shape index (κ2) is 7.91. The van der Waals surface area contributed by atoms with E-state index in [1.807, 2.05) is 25.1 Å². The quantitative estimate of drug-likeness (QED) is 0.638. The minimum atomic E-state index is 0.521. The van der Waals surface area contributed by atoms with Gasteiger partial charge in [-0.3, -0.25) is 4.90 Å². The minimum absolute atomic E-state index is 0.521. The number of hydrogen-bond donors (Lipinski definition) is 2. The van der Waals surface area contributed by atoms with Gasteiger partial charge in [0.05, 0.1) is 6.61 Å². The molecule has 0 fully saturated rings. The first-order valence-electron chi connectivity index (χ1n) is 9.40. The van der Waals surface area contributed by atoms with Crippen LogP contribution in [0.5, 0.6) is 5.75 Å². The minimum Gasteiger partial charge on any atom is -0.494 e. The molecule has 1 aromatic carbocycles. The van der Waals surface area contributed by atoms with E-state index in [0.717, 1.165) is 46.6 Å². The van der Waals surface area contributed by atoms with Crippen LogP contribution in [0.25, 0.3) is 21.9 Å². The fourth-order valence-corrected chi connectivity index (χ4v) is 3.48. The highest BCUT2D eigenvalue weighted by molar-refractivity contribution is 6.08. The molecule has 0 unspecified atom stereocenters. The van der Waals surface area contributed by atoms with Crippen molar-refractivity contribution in [1.82, 2.24) is 19.9 Å². The van der Waals surface area contributed by atoms with Gasteiger partial charge < -0.3 is 15.0 Å². The number of aromatic amines is 1. The summed E-state index contributed by atoms with van der Waals surface area (Å²) in [5, 5.41) is 4.53. The maximum absolute atomic E-state index is 5.62. The molecular weight excluding hydrogens is 326 g/mol. The largest absolute Gasteiger partial charge is 0.494 e. The fraction of sp³-hybridized carbons (Fsp3) is 0.500. The zero-order valence-electron chi connectivity index (χ0n) is 16.3. The van der Waals surface area contributed by atoms with Crippen LogP contribution in [-0.4, -0.2) is 51.6 Å². The third kappa shape index (κ3) is 3.75. The Morgan fingerprint density at radius 3 is 2.62 bits per heavy atom. The molecule has 0 aliphatic carbocycles. The molecule has 140 valence electrons. The van der Waals surface area contributed by atoms with Gasteiger partial charge >= 0.3 is 0 Å². The summed E-state index contributed by atoms with van der Waals surface area (Å²) >= 11 is 0. The monoisotopic (exact) mass is 355 g/mol. The summed E-state index contributed by atoms with van der Waals surface area (Å²) in [6.45, 7) is 13.4. The Hall–Kier alpha value is -2.34. The van der Waals surface area contributed by atoms with E-state index in [1.165, 1.54) is 0 Å². The molecule has 0 saturated heterocycles. The molecule has 0 radical (unpaired) electrons.